The molecule has 2 N–H and O–H groups in total. The van der Waals surface area contributed by atoms with Crippen LogP contribution in [-0.2, 0) is 0 Å². The minimum absolute atomic E-state index is 0. The van der Waals surface area contributed by atoms with E-state index in [-0.39, 0.29) is 18.4 Å². The Bertz CT molecular complexity index is 248. The molecule has 2 nitrogen and oxygen atoms in total. The lowest BCUT2D eigenvalue weighted by molar-refractivity contribution is 0.340. The molecule has 1 aromatic carbocycles. The first-order valence-corrected chi connectivity index (χ1v) is 4.76. The zero-order valence-corrected chi connectivity index (χ0v) is 9.51. The van der Waals surface area contributed by atoms with Gasteiger partial charge >= 0.3 is 0 Å². The predicted molar refractivity (Wildman–Crippen MR) is 62.1 cm³/mol. The summed E-state index contributed by atoms with van der Waals surface area (Å²) in [7, 11) is 0. The fraction of sp³-hybridized carbons (Fsp3) is 0.455. The van der Waals surface area contributed by atoms with Crippen molar-refractivity contribution >= 4 is 12.4 Å². The van der Waals surface area contributed by atoms with Gasteiger partial charge < -0.3 is 10.5 Å². The molecule has 0 amide bonds. The summed E-state index contributed by atoms with van der Waals surface area (Å²) < 4.78 is 5.33. The number of nitrogens with two attached hydrogens (primary N) is 1. The molecule has 0 aliphatic rings. The van der Waals surface area contributed by atoms with Gasteiger partial charge in [0.05, 0.1) is 6.61 Å². The number of hydrogen-bond acceptors (Lipinski definition) is 2. The average molecular weight is 216 g/mol. The van der Waals surface area contributed by atoms with Crippen LogP contribution in [0.1, 0.15) is 31.9 Å². The number of benzene rings is 1. The van der Waals surface area contributed by atoms with Crippen LogP contribution in [0.5, 0.6) is 5.75 Å². The van der Waals surface area contributed by atoms with E-state index in [4.69, 9.17) is 10.5 Å². The molecule has 0 saturated carbocycles. The molecule has 0 bridgehead atoms. The highest BCUT2D eigenvalue weighted by atomic mass is 35.5. The maximum absolute atomic E-state index is 5.88. The molecular weight excluding hydrogens is 198 g/mol. The Morgan fingerprint density at radius 3 is 2.21 bits per heavy atom. The Labute approximate surface area is 91.9 Å². The lowest BCUT2D eigenvalue weighted by Gasteiger charge is -2.09. The van der Waals surface area contributed by atoms with Gasteiger partial charge in [-0.3, -0.25) is 0 Å². The van der Waals surface area contributed by atoms with E-state index < -0.39 is 0 Å². The maximum Gasteiger partial charge on any atom is 0.119 e. The van der Waals surface area contributed by atoms with E-state index in [9.17, 15) is 0 Å². The molecule has 0 heterocycles. The van der Waals surface area contributed by atoms with E-state index >= 15 is 0 Å². The molecule has 1 aromatic rings. The lowest BCUT2D eigenvalue weighted by atomic mass is 10.1. The minimum Gasteiger partial charge on any atom is -0.494 e. The second-order valence-corrected chi connectivity index (χ2v) is 3.02. The molecule has 0 spiro atoms. The van der Waals surface area contributed by atoms with Gasteiger partial charge in [0, 0.05) is 6.04 Å². The molecule has 0 aliphatic heterocycles. The Morgan fingerprint density at radius 1 is 1.21 bits per heavy atom. The standard InChI is InChI=1S/C11H17NO.ClH/c1-3-11(12)9-5-7-10(8-6-9)13-4-2;/h5-8,11H,3-4,12H2,1-2H3;1H/t11-;/m0./s1. The zero-order chi connectivity index (χ0) is 9.68. The molecule has 3 heteroatoms. The molecule has 0 aliphatic carbocycles. The van der Waals surface area contributed by atoms with Crippen LogP contribution in [0.25, 0.3) is 0 Å². The molecule has 1 atom stereocenters. The van der Waals surface area contributed by atoms with Crippen LogP contribution >= 0.6 is 12.4 Å². The summed E-state index contributed by atoms with van der Waals surface area (Å²) in [5.74, 6) is 0.912. The van der Waals surface area contributed by atoms with Crippen molar-refractivity contribution in [1.82, 2.24) is 0 Å². The topological polar surface area (TPSA) is 35.2 Å². The van der Waals surface area contributed by atoms with Crippen LogP contribution < -0.4 is 10.5 Å². The van der Waals surface area contributed by atoms with Crippen LogP contribution in [0.4, 0.5) is 0 Å². The molecular formula is C11H18ClNO. The Kier molecular flexibility index (Phi) is 6.34. The first kappa shape index (κ1) is 13.3. The van der Waals surface area contributed by atoms with E-state index in [1.54, 1.807) is 0 Å². The summed E-state index contributed by atoms with van der Waals surface area (Å²) in [6, 6.07) is 8.14. The van der Waals surface area contributed by atoms with E-state index in [0.29, 0.717) is 6.61 Å². The van der Waals surface area contributed by atoms with Gasteiger partial charge in [0.25, 0.3) is 0 Å². The largest absolute Gasteiger partial charge is 0.494 e. The summed E-state index contributed by atoms with van der Waals surface area (Å²) >= 11 is 0. The van der Waals surface area contributed by atoms with Crippen molar-refractivity contribution in [2.75, 3.05) is 6.61 Å². The molecule has 14 heavy (non-hydrogen) atoms. The molecule has 80 valence electrons. The predicted octanol–water partition coefficient (Wildman–Crippen LogP) is 2.92. The fourth-order valence-electron chi connectivity index (χ4n) is 1.21. The third-order valence-corrected chi connectivity index (χ3v) is 2.06. The molecule has 0 unspecified atom stereocenters. The van der Waals surface area contributed by atoms with Gasteiger partial charge in [-0.05, 0) is 31.0 Å². The highest BCUT2D eigenvalue weighted by molar-refractivity contribution is 5.85. The van der Waals surface area contributed by atoms with E-state index in [1.807, 2.05) is 31.2 Å². The van der Waals surface area contributed by atoms with E-state index in [0.717, 1.165) is 12.2 Å². The molecule has 1 rings (SSSR count). The Hall–Kier alpha value is -0.730. The van der Waals surface area contributed by atoms with Gasteiger partial charge in [0.2, 0.25) is 0 Å². The normalized spacial score (nSPS) is 11.6. The first-order chi connectivity index (χ1) is 6.27. The van der Waals surface area contributed by atoms with Crippen molar-refractivity contribution in [3.63, 3.8) is 0 Å². The smallest absolute Gasteiger partial charge is 0.119 e. The first-order valence-electron chi connectivity index (χ1n) is 4.76. The molecule has 0 fully saturated rings. The van der Waals surface area contributed by atoms with Crippen molar-refractivity contribution in [2.24, 2.45) is 5.73 Å². The molecule has 0 saturated heterocycles. The van der Waals surface area contributed by atoms with Crippen molar-refractivity contribution < 1.29 is 4.74 Å². The average Bonchev–Trinajstić information content (AvgIpc) is 2.18. The van der Waals surface area contributed by atoms with Crippen molar-refractivity contribution in [3.05, 3.63) is 29.8 Å². The third kappa shape index (κ3) is 3.56. The second-order valence-electron chi connectivity index (χ2n) is 3.02. The van der Waals surface area contributed by atoms with Crippen LogP contribution in [0.2, 0.25) is 0 Å². The molecule has 0 radical (unpaired) electrons. The van der Waals surface area contributed by atoms with Crippen LogP contribution in [-0.4, -0.2) is 6.61 Å². The maximum atomic E-state index is 5.88. The van der Waals surface area contributed by atoms with Gasteiger partial charge in [-0.1, -0.05) is 19.1 Å². The van der Waals surface area contributed by atoms with E-state index in [1.165, 1.54) is 5.56 Å². The Balaban J connectivity index is 0.00000169. The number of halogens is 1. The summed E-state index contributed by atoms with van der Waals surface area (Å²) in [5.41, 5.74) is 7.05. The lowest BCUT2D eigenvalue weighted by Crippen LogP contribution is -2.08. The highest BCUT2D eigenvalue weighted by Crippen LogP contribution is 2.17. The highest BCUT2D eigenvalue weighted by Gasteiger charge is 2.02. The van der Waals surface area contributed by atoms with Gasteiger partial charge in [-0.15, -0.1) is 12.4 Å². The number of ether oxygens (including phenoxy) is 1. The number of hydrogen-bond donors (Lipinski definition) is 1. The van der Waals surface area contributed by atoms with E-state index in [2.05, 4.69) is 6.92 Å². The van der Waals surface area contributed by atoms with Crippen molar-refractivity contribution in [3.8, 4) is 5.75 Å². The second kappa shape index (κ2) is 6.68. The van der Waals surface area contributed by atoms with Crippen molar-refractivity contribution in [2.45, 2.75) is 26.3 Å². The summed E-state index contributed by atoms with van der Waals surface area (Å²) in [5, 5.41) is 0. The van der Waals surface area contributed by atoms with Crippen molar-refractivity contribution in [1.29, 1.82) is 0 Å². The summed E-state index contributed by atoms with van der Waals surface area (Å²) in [6.45, 7) is 4.77. The van der Waals surface area contributed by atoms with Crippen LogP contribution in [0.15, 0.2) is 24.3 Å². The minimum atomic E-state index is 0. The summed E-state index contributed by atoms with van der Waals surface area (Å²) in [6.07, 6.45) is 0.966. The quantitative estimate of drug-likeness (QED) is 0.838. The van der Waals surface area contributed by atoms with Gasteiger partial charge in [-0.2, -0.15) is 0 Å². The van der Waals surface area contributed by atoms with Gasteiger partial charge in [-0.25, -0.2) is 0 Å². The Morgan fingerprint density at radius 2 is 1.79 bits per heavy atom. The van der Waals surface area contributed by atoms with Crippen LogP contribution in [0, 0.1) is 0 Å². The zero-order valence-electron chi connectivity index (χ0n) is 8.69. The molecule has 0 aromatic heterocycles. The monoisotopic (exact) mass is 215 g/mol. The number of rotatable bonds is 4. The van der Waals surface area contributed by atoms with Gasteiger partial charge in [0.15, 0.2) is 0 Å². The van der Waals surface area contributed by atoms with Crippen LogP contribution in [0.3, 0.4) is 0 Å². The SMILES string of the molecule is CCOc1ccc([C@@H](N)CC)cc1.Cl. The summed E-state index contributed by atoms with van der Waals surface area (Å²) in [4.78, 5) is 0. The van der Waals surface area contributed by atoms with Gasteiger partial charge in [0.1, 0.15) is 5.75 Å². The third-order valence-electron chi connectivity index (χ3n) is 2.06. The fourth-order valence-corrected chi connectivity index (χ4v) is 1.21.